The minimum atomic E-state index is -1.65. The van der Waals surface area contributed by atoms with Crippen molar-refractivity contribution in [1.82, 2.24) is 24.5 Å². The number of nitrogens with zero attached hydrogens (tertiary/aromatic N) is 5. The van der Waals surface area contributed by atoms with Crippen LogP contribution in [0.4, 0.5) is 8.78 Å². The topological polar surface area (TPSA) is 123 Å². The van der Waals surface area contributed by atoms with E-state index in [-0.39, 0.29) is 28.9 Å². The van der Waals surface area contributed by atoms with Gasteiger partial charge in [-0.1, -0.05) is 11.6 Å². The molecule has 0 bridgehead atoms. The largest absolute Gasteiger partial charge is 0.485 e. The molecule has 1 unspecified atom stereocenters. The van der Waals surface area contributed by atoms with Crippen LogP contribution in [-0.4, -0.2) is 41.3 Å². The molecule has 4 rings (SSSR count). The summed E-state index contributed by atoms with van der Waals surface area (Å²) in [5.41, 5.74) is -0.0243. The highest BCUT2D eigenvalue weighted by atomic mass is 35.5. The Hall–Kier alpha value is -3.80. The Morgan fingerprint density at radius 3 is 2.57 bits per heavy atom. The molecule has 9 nitrogen and oxygen atoms in total. The van der Waals surface area contributed by atoms with E-state index in [1.807, 2.05) is 0 Å². The second-order valence-corrected chi connectivity index (χ2v) is 8.91. The Labute approximate surface area is 215 Å². The molecule has 0 fully saturated rings. The van der Waals surface area contributed by atoms with E-state index in [1.54, 1.807) is 32.2 Å². The van der Waals surface area contributed by atoms with E-state index in [2.05, 4.69) is 19.9 Å². The van der Waals surface area contributed by atoms with Crippen molar-refractivity contribution in [2.75, 3.05) is 6.61 Å². The van der Waals surface area contributed by atoms with Crippen molar-refractivity contribution < 1.29 is 23.7 Å². The highest BCUT2D eigenvalue weighted by molar-refractivity contribution is 6.31. The number of hydrogen-bond donors (Lipinski definition) is 2. The first kappa shape index (κ1) is 26.3. The van der Waals surface area contributed by atoms with E-state index < -0.39 is 29.4 Å². The van der Waals surface area contributed by atoms with Gasteiger partial charge in [0.2, 0.25) is 0 Å². The van der Waals surface area contributed by atoms with Gasteiger partial charge in [0.25, 0.3) is 5.56 Å². The summed E-state index contributed by atoms with van der Waals surface area (Å²) in [7, 11) is 0. The summed E-state index contributed by atoms with van der Waals surface area (Å²) in [6, 6.07) is 5.43. The van der Waals surface area contributed by atoms with Crippen LogP contribution in [-0.2, 0) is 12.2 Å². The fourth-order valence-corrected chi connectivity index (χ4v) is 3.70. The third-order valence-electron chi connectivity index (χ3n) is 5.57. The Morgan fingerprint density at radius 1 is 1.11 bits per heavy atom. The number of aryl methyl sites for hydroxylation is 2. The number of ether oxygens (including phenoxy) is 1. The van der Waals surface area contributed by atoms with Crippen LogP contribution >= 0.6 is 11.6 Å². The summed E-state index contributed by atoms with van der Waals surface area (Å²) in [6.45, 7) is 3.88. The maximum Gasteiger partial charge on any atom is 0.277 e. The summed E-state index contributed by atoms with van der Waals surface area (Å²) >= 11 is 6.33. The molecule has 2 N–H and O–H groups in total. The average Bonchev–Trinajstić information content (AvgIpc) is 2.87. The zero-order valence-corrected chi connectivity index (χ0v) is 20.8. The standard InChI is InChI=1S/C25H22ClF2N5O4/c1-13-9-30-18(17-4-5-29-24(32-17)25(3,36)12-34)8-20(13)33-14(2)6-21(22(26)23(33)35)37-11-19-16(28)7-15(27)10-31-19/h4-10,34,36H,11-12H2,1-3H3. The van der Waals surface area contributed by atoms with E-state index in [0.29, 0.717) is 34.4 Å². The zero-order chi connectivity index (χ0) is 26.9. The van der Waals surface area contributed by atoms with E-state index in [1.165, 1.54) is 23.8 Å². The molecule has 37 heavy (non-hydrogen) atoms. The third-order valence-corrected chi connectivity index (χ3v) is 5.92. The lowest BCUT2D eigenvalue weighted by Gasteiger charge is -2.19. The van der Waals surface area contributed by atoms with Gasteiger partial charge < -0.3 is 14.9 Å². The van der Waals surface area contributed by atoms with Gasteiger partial charge in [-0.2, -0.15) is 0 Å². The van der Waals surface area contributed by atoms with Crippen molar-refractivity contribution in [3.8, 4) is 22.8 Å². The molecule has 1 atom stereocenters. The van der Waals surface area contributed by atoms with E-state index in [0.717, 1.165) is 6.20 Å². The first-order valence-corrected chi connectivity index (χ1v) is 11.4. The SMILES string of the molecule is Cc1cnc(-c2ccnc(C(C)(O)CO)n2)cc1-n1c(C)cc(OCc2ncc(F)cc2F)c(Cl)c1=O. The minimum Gasteiger partial charge on any atom is -0.485 e. The first-order chi connectivity index (χ1) is 17.5. The van der Waals surface area contributed by atoms with Crippen LogP contribution in [0, 0.1) is 25.5 Å². The fraction of sp³-hybridized carbons (Fsp3) is 0.240. The van der Waals surface area contributed by atoms with Gasteiger partial charge in [0, 0.05) is 30.2 Å². The van der Waals surface area contributed by atoms with E-state index in [4.69, 9.17) is 16.3 Å². The molecular formula is C25H22ClF2N5O4. The second kappa shape index (κ2) is 10.3. The molecule has 4 heterocycles. The van der Waals surface area contributed by atoms with Gasteiger partial charge in [-0.05, 0) is 38.5 Å². The third kappa shape index (κ3) is 5.33. The van der Waals surface area contributed by atoms with E-state index in [9.17, 15) is 23.8 Å². The Bertz CT molecular complexity index is 1540. The van der Waals surface area contributed by atoms with Crippen molar-refractivity contribution in [3.05, 3.63) is 92.6 Å². The molecule has 0 spiro atoms. The maximum absolute atomic E-state index is 13.9. The number of halogens is 3. The summed E-state index contributed by atoms with van der Waals surface area (Å²) in [6.07, 6.45) is 3.86. The van der Waals surface area contributed by atoms with Crippen LogP contribution in [0.3, 0.4) is 0 Å². The molecule has 0 aliphatic rings. The average molecular weight is 530 g/mol. The Kier molecular flexibility index (Phi) is 7.30. The van der Waals surface area contributed by atoms with Crippen molar-refractivity contribution in [2.45, 2.75) is 33.0 Å². The van der Waals surface area contributed by atoms with Crippen molar-refractivity contribution >= 4 is 11.6 Å². The number of hydrogen-bond acceptors (Lipinski definition) is 8. The number of rotatable bonds is 7. The summed E-state index contributed by atoms with van der Waals surface area (Å²) in [5.74, 6) is -1.66. The molecule has 0 saturated heterocycles. The highest BCUT2D eigenvalue weighted by Gasteiger charge is 2.26. The Morgan fingerprint density at radius 2 is 1.86 bits per heavy atom. The van der Waals surface area contributed by atoms with Gasteiger partial charge in [-0.3, -0.25) is 19.3 Å². The van der Waals surface area contributed by atoms with Gasteiger partial charge in [0.15, 0.2) is 11.6 Å². The molecule has 192 valence electrons. The quantitative estimate of drug-likeness (QED) is 0.373. The number of aliphatic hydroxyl groups is 2. The predicted octanol–water partition coefficient (Wildman–Crippen LogP) is 3.41. The normalized spacial score (nSPS) is 12.9. The van der Waals surface area contributed by atoms with Gasteiger partial charge >= 0.3 is 0 Å². The maximum atomic E-state index is 13.9. The Balaban J connectivity index is 1.72. The number of pyridine rings is 3. The number of aromatic nitrogens is 5. The van der Waals surface area contributed by atoms with Gasteiger partial charge in [-0.15, -0.1) is 0 Å². The molecule has 0 aromatic carbocycles. The molecule has 0 amide bonds. The van der Waals surface area contributed by atoms with Crippen LogP contribution in [0.15, 0.2) is 47.7 Å². The second-order valence-electron chi connectivity index (χ2n) is 8.53. The van der Waals surface area contributed by atoms with E-state index >= 15 is 0 Å². The lowest BCUT2D eigenvalue weighted by molar-refractivity contribution is -0.00962. The van der Waals surface area contributed by atoms with Crippen molar-refractivity contribution in [3.63, 3.8) is 0 Å². The fourth-order valence-electron chi connectivity index (χ4n) is 3.51. The lowest BCUT2D eigenvalue weighted by atomic mass is 10.1. The molecule has 4 aromatic rings. The molecule has 4 aromatic heterocycles. The van der Waals surface area contributed by atoms with Crippen LogP contribution in [0.1, 0.15) is 29.7 Å². The summed E-state index contributed by atoms with van der Waals surface area (Å²) < 4.78 is 33.9. The smallest absolute Gasteiger partial charge is 0.277 e. The summed E-state index contributed by atoms with van der Waals surface area (Å²) in [5, 5.41) is 19.5. The first-order valence-electron chi connectivity index (χ1n) is 11.0. The van der Waals surface area contributed by atoms with Crippen molar-refractivity contribution in [1.29, 1.82) is 0 Å². The molecule has 12 heteroatoms. The van der Waals surface area contributed by atoms with Gasteiger partial charge in [-0.25, -0.2) is 18.7 Å². The van der Waals surface area contributed by atoms with Crippen LogP contribution in [0.5, 0.6) is 5.75 Å². The molecule has 0 saturated carbocycles. The van der Waals surface area contributed by atoms with Crippen molar-refractivity contribution in [2.24, 2.45) is 0 Å². The van der Waals surface area contributed by atoms with Crippen LogP contribution < -0.4 is 10.3 Å². The lowest BCUT2D eigenvalue weighted by Crippen LogP contribution is -2.28. The van der Waals surface area contributed by atoms with Crippen LogP contribution in [0.25, 0.3) is 17.1 Å². The van der Waals surface area contributed by atoms with Gasteiger partial charge in [0.05, 0.1) is 29.9 Å². The molecular weight excluding hydrogens is 508 g/mol. The highest BCUT2D eigenvalue weighted by Crippen LogP contribution is 2.27. The van der Waals surface area contributed by atoms with Gasteiger partial charge in [0.1, 0.15) is 34.5 Å². The molecule has 0 radical (unpaired) electrons. The number of aliphatic hydroxyl groups excluding tert-OH is 1. The molecule has 0 aliphatic heterocycles. The molecule has 0 aliphatic carbocycles. The zero-order valence-electron chi connectivity index (χ0n) is 20.0. The summed E-state index contributed by atoms with van der Waals surface area (Å²) in [4.78, 5) is 29.6. The predicted molar refractivity (Wildman–Crippen MR) is 130 cm³/mol. The van der Waals surface area contributed by atoms with Crippen LogP contribution in [0.2, 0.25) is 5.02 Å². The monoisotopic (exact) mass is 529 g/mol. The minimum absolute atomic E-state index is 0.0152.